The molecule has 4 rings (SSSR count). The minimum absolute atomic E-state index is 0.265. The van der Waals surface area contributed by atoms with Crippen LogP contribution >= 0.6 is 0 Å². The zero-order valence-electron chi connectivity index (χ0n) is 14.9. The topological polar surface area (TPSA) is 84.2 Å². The average molecular weight is 371 g/mol. The van der Waals surface area contributed by atoms with Gasteiger partial charge in [0.25, 0.3) is 11.8 Å². The summed E-state index contributed by atoms with van der Waals surface area (Å²) in [6, 6.07) is 19.5. The van der Waals surface area contributed by atoms with Crippen LogP contribution in [0.5, 0.6) is 0 Å². The number of aromatic nitrogens is 1. The van der Waals surface area contributed by atoms with E-state index in [0.29, 0.717) is 28.1 Å². The maximum Gasteiger partial charge on any atom is 0.257 e. The van der Waals surface area contributed by atoms with Crippen molar-refractivity contribution in [2.45, 2.75) is 6.54 Å². The summed E-state index contributed by atoms with van der Waals surface area (Å²) in [5.41, 5.74) is 1.86. The number of nitrogens with one attached hydrogen (secondary N) is 2. The Kier molecular flexibility index (Phi) is 4.84. The summed E-state index contributed by atoms with van der Waals surface area (Å²) in [5, 5.41) is 6.49. The predicted molar refractivity (Wildman–Crippen MR) is 106 cm³/mol. The van der Waals surface area contributed by atoms with Crippen LogP contribution in [0.25, 0.3) is 10.9 Å². The van der Waals surface area contributed by atoms with E-state index in [9.17, 15) is 9.59 Å². The molecular weight excluding hydrogens is 354 g/mol. The third kappa shape index (κ3) is 3.61. The van der Waals surface area contributed by atoms with Gasteiger partial charge in [-0.2, -0.15) is 0 Å². The number of furan rings is 1. The molecule has 6 nitrogen and oxygen atoms in total. The minimum atomic E-state index is -0.324. The highest BCUT2D eigenvalue weighted by molar-refractivity contribution is 6.14. The first-order chi connectivity index (χ1) is 13.7. The molecule has 6 heteroatoms. The van der Waals surface area contributed by atoms with E-state index in [1.165, 1.54) is 0 Å². The molecule has 0 saturated heterocycles. The lowest BCUT2D eigenvalue weighted by Gasteiger charge is -2.12. The standard InChI is InChI=1S/C22H17N3O3/c26-21(24-14-16-8-5-13-28-16)17-9-1-2-11-19(17)25-22(27)18-10-3-6-15-7-4-12-23-20(15)18/h1-13H,14H2,(H,24,26)(H,25,27). The van der Waals surface area contributed by atoms with Gasteiger partial charge in [-0.1, -0.05) is 30.3 Å². The van der Waals surface area contributed by atoms with E-state index in [1.54, 1.807) is 61.0 Å². The van der Waals surface area contributed by atoms with Crippen molar-refractivity contribution in [2.24, 2.45) is 0 Å². The van der Waals surface area contributed by atoms with Crippen LogP contribution in [0, 0.1) is 0 Å². The van der Waals surface area contributed by atoms with Crippen molar-refractivity contribution in [3.63, 3.8) is 0 Å². The molecule has 0 atom stereocenters. The molecule has 0 unspecified atom stereocenters. The number of hydrogen-bond acceptors (Lipinski definition) is 4. The quantitative estimate of drug-likeness (QED) is 0.555. The van der Waals surface area contributed by atoms with Gasteiger partial charge in [0.15, 0.2) is 0 Å². The number of hydrogen-bond donors (Lipinski definition) is 2. The fourth-order valence-corrected chi connectivity index (χ4v) is 2.94. The summed E-state index contributed by atoms with van der Waals surface area (Å²) in [7, 11) is 0. The zero-order valence-corrected chi connectivity index (χ0v) is 14.9. The van der Waals surface area contributed by atoms with Gasteiger partial charge in [-0.05, 0) is 36.4 Å². The number of fused-ring (bicyclic) bond motifs is 1. The number of benzene rings is 2. The molecule has 2 aromatic carbocycles. The Bertz CT molecular complexity index is 1130. The number of anilines is 1. The molecule has 0 aliphatic heterocycles. The fourth-order valence-electron chi connectivity index (χ4n) is 2.94. The molecule has 2 aromatic heterocycles. The van der Waals surface area contributed by atoms with Gasteiger partial charge < -0.3 is 15.1 Å². The van der Waals surface area contributed by atoms with Gasteiger partial charge in [0.05, 0.1) is 35.1 Å². The Hall–Kier alpha value is -3.93. The van der Waals surface area contributed by atoms with Crippen molar-refractivity contribution in [2.75, 3.05) is 5.32 Å². The molecule has 2 heterocycles. The average Bonchev–Trinajstić information content (AvgIpc) is 3.25. The SMILES string of the molecule is O=C(NCc1ccco1)c1ccccc1NC(=O)c1cccc2cccnc12. The van der Waals surface area contributed by atoms with Crippen molar-refractivity contribution >= 4 is 28.4 Å². The molecule has 28 heavy (non-hydrogen) atoms. The van der Waals surface area contributed by atoms with E-state index in [2.05, 4.69) is 15.6 Å². The lowest BCUT2D eigenvalue weighted by atomic mass is 10.1. The molecule has 0 saturated carbocycles. The van der Waals surface area contributed by atoms with Crippen molar-refractivity contribution in [1.29, 1.82) is 0 Å². The zero-order chi connectivity index (χ0) is 19.3. The highest BCUT2D eigenvalue weighted by Crippen LogP contribution is 2.20. The first-order valence-corrected chi connectivity index (χ1v) is 8.77. The summed E-state index contributed by atoms with van der Waals surface area (Å²) < 4.78 is 5.22. The summed E-state index contributed by atoms with van der Waals surface area (Å²) in [6.07, 6.45) is 3.20. The van der Waals surface area contributed by atoms with E-state index in [0.717, 1.165) is 5.39 Å². The van der Waals surface area contributed by atoms with Crippen molar-refractivity contribution < 1.29 is 14.0 Å². The first kappa shape index (κ1) is 17.5. The molecule has 0 aliphatic rings. The summed E-state index contributed by atoms with van der Waals surface area (Å²) >= 11 is 0. The number of para-hydroxylation sites is 2. The Labute approximate surface area is 161 Å². The third-order valence-electron chi connectivity index (χ3n) is 4.30. The maximum absolute atomic E-state index is 12.8. The van der Waals surface area contributed by atoms with Crippen molar-refractivity contribution in [3.05, 3.63) is 96.1 Å². The van der Waals surface area contributed by atoms with E-state index in [1.807, 2.05) is 18.2 Å². The highest BCUT2D eigenvalue weighted by Gasteiger charge is 2.16. The van der Waals surface area contributed by atoms with Crippen LogP contribution in [0.1, 0.15) is 26.5 Å². The van der Waals surface area contributed by atoms with Gasteiger partial charge in [-0.25, -0.2) is 0 Å². The van der Waals surface area contributed by atoms with Gasteiger partial charge in [-0.3, -0.25) is 14.6 Å². The molecule has 0 radical (unpaired) electrons. The lowest BCUT2D eigenvalue weighted by molar-refractivity contribution is 0.0949. The number of amides is 2. The Morgan fingerprint density at radius 2 is 1.68 bits per heavy atom. The van der Waals surface area contributed by atoms with Crippen LogP contribution in [0.4, 0.5) is 5.69 Å². The Morgan fingerprint density at radius 3 is 2.54 bits per heavy atom. The van der Waals surface area contributed by atoms with Gasteiger partial charge in [0.1, 0.15) is 5.76 Å². The lowest BCUT2D eigenvalue weighted by Crippen LogP contribution is -2.24. The fraction of sp³-hybridized carbons (Fsp3) is 0.0455. The summed E-state index contributed by atoms with van der Waals surface area (Å²) in [5.74, 6) is 0.0237. The molecule has 0 bridgehead atoms. The summed E-state index contributed by atoms with van der Waals surface area (Å²) in [6.45, 7) is 0.265. The van der Waals surface area contributed by atoms with Crippen LogP contribution < -0.4 is 10.6 Å². The predicted octanol–water partition coefficient (Wildman–Crippen LogP) is 4.01. The highest BCUT2D eigenvalue weighted by atomic mass is 16.3. The van der Waals surface area contributed by atoms with Crippen molar-refractivity contribution in [1.82, 2.24) is 10.3 Å². The largest absolute Gasteiger partial charge is 0.467 e. The molecule has 0 fully saturated rings. The smallest absolute Gasteiger partial charge is 0.257 e. The number of nitrogens with zero attached hydrogens (tertiary/aromatic N) is 1. The van der Waals surface area contributed by atoms with Gasteiger partial charge in [0, 0.05) is 11.6 Å². The van der Waals surface area contributed by atoms with Gasteiger partial charge in [-0.15, -0.1) is 0 Å². The summed E-state index contributed by atoms with van der Waals surface area (Å²) in [4.78, 5) is 29.7. The van der Waals surface area contributed by atoms with Crippen LogP contribution in [0.15, 0.2) is 83.6 Å². The third-order valence-corrected chi connectivity index (χ3v) is 4.30. The molecular formula is C22H17N3O3. The number of rotatable bonds is 5. The minimum Gasteiger partial charge on any atom is -0.467 e. The van der Waals surface area contributed by atoms with E-state index in [-0.39, 0.29) is 18.4 Å². The van der Waals surface area contributed by atoms with Crippen LogP contribution in [-0.4, -0.2) is 16.8 Å². The molecule has 2 amide bonds. The van der Waals surface area contributed by atoms with Crippen LogP contribution in [0.2, 0.25) is 0 Å². The molecule has 0 spiro atoms. The van der Waals surface area contributed by atoms with Crippen molar-refractivity contribution in [3.8, 4) is 0 Å². The second-order valence-electron chi connectivity index (χ2n) is 6.14. The van der Waals surface area contributed by atoms with E-state index in [4.69, 9.17) is 4.42 Å². The Morgan fingerprint density at radius 1 is 0.857 bits per heavy atom. The second kappa shape index (κ2) is 7.75. The van der Waals surface area contributed by atoms with E-state index < -0.39 is 0 Å². The Balaban J connectivity index is 1.56. The van der Waals surface area contributed by atoms with Crippen LogP contribution in [-0.2, 0) is 6.54 Å². The first-order valence-electron chi connectivity index (χ1n) is 8.77. The number of pyridine rings is 1. The van der Waals surface area contributed by atoms with Crippen LogP contribution in [0.3, 0.4) is 0 Å². The molecule has 4 aromatic rings. The molecule has 0 aliphatic carbocycles. The monoisotopic (exact) mass is 371 g/mol. The molecule has 138 valence electrons. The normalized spacial score (nSPS) is 10.6. The van der Waals surface area contributed by atoms with Gasteiger partial charge >= 0.3 is 0 Å². The van der Waals surface area contributed by atoms with E-state index >= 15 is 0 Å². The number of carbonyl (C=O) groups excluding carboxylic acids is 2. The maximum atomic E-state index is 12.8. The molecule has 2 N–H and O–H groups in total. The number of carbonyl (C=O) groups is 2. The van der Waals surface area contributed by atoms with Gasteiger partial charge in [0.2, 0.25) is 0 Å². The second-order valence-corrected chi connectivity index (χ2v) is 6.14.